The summed E-state index contributed by atoms with van der Waals surface area (Å²) in [5.41, 5.74) is 5.48. The lowest BCUT2D eigenvalue weighted by Gasteiger charge is -2.24. The number of rotatable bonds is 6. The van der Waals surface area contributed by atoms with E-state index in [1.807, 2.05) is 0 Å². The molecule has 4 rings (SSSR count). The Morgan fingerprint density at radius 2 is 2.13 bits per heavy atom. The number of aromatic hydroxyl groups is 1. The van der Waals surface area contributed by atoms with Gasteiger partial charge in [0.15, 0.2) is 5.56 Å². The van der Waals surface area contributed by atoms with Crippen LogP contribution in [-0.4, -0.2) is 47.9 Å². The first-order chi connectivity index (χ1) is 14.2. The monoisotopic (exact) mass is 412 g/mol. The Morgan fingerprint density at radius 1 is 1.40 bits per heavy atom. The number of hydrogen-bond acceptors (Lipinski definition) is 7. The van der Waals surface area contributed by atoms with Gasteiger partial charge < -0.3 is 21.3 Å². The van der Waals surface area contributed by atoms with Crippen molar-refractivity contribution in [2.45, 2.75) is 39.3 Å². The minimum Gasteiger partial charge on any atom is -0.492 e. The standard InChI is InChI=1S/C20H24N6O4/c1-20(2,10-27)9-25-14-8-13(12-4-3-7-22-16(12)21)24-26(14)19(30)15(18(25)29)17(28)23-11-5-6-11/h3-4,7-8,11,27,30H,5-6,9-10H2,1-2H3,(H2,21,22)(H,23,28). The summed E-state index contributed by atoms with van der Waals surface area (Å²) in [7, 11) is 0. The number of amides is 1. The predicted octanol–water partition coefficient (Wildman–Crippen LogP) is 0.756. The zero-order valence-electron chi connectivity index (χ0n) is 16.8. The summed E-state index contributed by atoms with van der Waals surface area (Å²) in [4.78, 5) is 30.0. The lowest BCUT2D eigenvalue weighted by molar-refractivity contribution is 0.0943. The van der Waals surface area contributed by atoms with Gasteiger partial charge in [0, 0.05) is 42.4 Å². The second-order valence-corrected chi connectivity index (χ2v) is 8.40. The summed E-state index contributed by atoms with van der Waals surface area (Å²) in [5, 5.41) is 27.6. The Labute approximate surface area is 172 Å². The first-order valence-corrected chi connectivity index (χ1v) is 9.70. The van der Waals surface area contributed by atoms with E-state index in [0.29, 0.717) is 11.3 Å². The van der Waals surface area contributed by atoms with Gasteiger partial charge in [0.25, 0.3) is 11.5 Å². The average molecular weight is 412 g/mol. The maximum Gasteiger partial charge on any atom is 0.270 e. The molecule has 1 aliphatic rings. The number of anilines is 1. The van der Waals surface area contributed by atoms with Crippen molar-refractivity contribution in [1.29, 1.82) is 0 Å². The van der Waals surface area contributed by atoms with E-state index in [4.69, 9.17) is 5.73 Å². The molecule has 158 valence electrons. The summed E-state index contributed by atoms with van der Waals surface area (Å²) in [6, 6.07) is 5.04. The van der Waals surface area contributed by atoms with Crippen LogP contribution < -0.4 is 16.6 Å². The maximum absolute atomic E-state index is 13.2. The topological polar surface area (TPSA) is 148 Å². The molecule has 5 N–H and O–H groups in total. The van der Waals surface area contributed by atoms with Crippen LogP contribution in [0.2, 0.25) is 0 Å². The first kappa shape index (κ1) is 19.9. The third-order valence-corrected chi connectivity index (χ3v) is 5.12. The molecular weight excluding hydrogens is 388 g/mol. The number of nitrogens with two attached hydrogens (primary N) is 1. The fourth-order valence-corrected chi connectivity index (χ4v) is 3.24. The lowest BCUT2D eigenvalue weighted by atomic mass is 9.95. The number of hydrogen-bond donors (Lipinski definition) is 4. The predicted molar refractivity (Wildman–Crippen MR) is 110 cm³/mol. The molecular formula is C20H24N6O4. The molecule has 30 heavy (non-hydrogen) atoms. The van der Waals surface area contributed by atoms with Crippen molar-refractivity contribution in [3.05, 3.63) is 40.3 Å². The summed E-state index contributed by atoms with van der Waals surface area (Å²) in [6.07, 6.45) is 3.23. The smallest absolute Gasteiger partial charge is 0.270 e. The van der Waals surface area contributed by atoms with Gasteiger partial charge in [-0.3, -0.25) is 14.2 Å². The van der Waals surface area contributed by atoms with Gasteiger partial charge in [-0.15, -0.1) is 0 Å². The number of carbonyl (C=O) groups excluding carboxylic acids is 1. The molecule has 1 aliphatic carbocycles. The van der Waals surface area contributed by atoms with Crippen LogP contribution in [0.1, 0.15) is 37.0 Å². The van der Waals surface area contributed by atoms with Gasteiger partial charge in [0.05, 0.1) is 5.69 Å². The fourth-order valence-electron chi connectivity index (χ4n) is 3.24. The molecule has 1 amide bonds. The van der Waals surface area contributed by atoms with Crippen LogP contribution in [0.3, 0.4) is 0 Å². The van der Waals surface area contributed by atoms with E-state index in [-0.39, 0.29) is 36.2 Å². The number of carbonyl (C=O) groups is 1. The van der Waals surface area contributed by atoms with Gasteiger partial charge in [-0.1, -0.05) is 13.8 Å². The molecule has 3 aromatic heterocycles. The number of nitrogen functional groups attached to an aromatic ring is 1. The van der Waals surface area contributed by atoms with Crippen LogP contribution >= 0.6 is 0 Å². The Bertz CT molecular complexity index is 1190. The summed E-state index contributed by atoms with van der Waals surface area (Å²) in [6.45, 7) is 3.53. The van der Waals surface area contributed by atoms with Gasteiger partial charge in [0.2, 0.25) is 5.88 Å². The van der Waals surface area contributed by atoms with Crippen LogP contribution in [0.5, 0.6) is 5.88 Å². The molecule has 0 atom stereocenters. The highest BCUT2D eigenvalue weighted by atomic mass is 16.3. The molecule has 1 saturated carbocycles. The number of nitrogens with one attached hydrogen (secondary N) is 1. The quantitative estimate of drug-likeness (QED) is 0.467. The van der Waals surface area contributed by atoms with Crippen molar-refractivity contribution in [1.82, 2.24) is 24.5 Å². The van der Waals surface area contributed by atoms with Crippen molar-refractivity contribution < 1.29 is 15.0 Å². The van der Waals surface area contributed by atoms with Crippen molar-refractivity contribution in [2.24, 2.45) is 5.41 Å². The summed E-state index contributed by atoms with van der Waals surface area (Å²) in [5.74, 6) is -0.938. The molecule has 0 aromatic carbocycles. The Morgan fingerprint density at radius 3 is 2.77 bits per heavy atom. The first-order valence-electron chi connectivity index (χ1n) is 9.70. The second-order valence-electron chi connectivity index (χ2n) is 8.40. The van der Waals surface area contributed by atoms with Crippen molar-refractivity contribution in [2.75, 3.05) is 12.3 Å². The SMILES string of the molecule is CC(C)(CO)Cn1c(=O)c(C(=O)NC2CC2)c(O)n2nc(-c3cccnc3N)cc12. The van der Waals surface area contributed by atoms with E-state index in [1.165, 1.54) is 4.57 Å². The molecule has 10 heteroatoms. The average Bonchev–Trinajstić information content (AvgIpc) is 3.40. The van der Waals surface area contributed by atoms with Gasteiger partial charge in [-0.05, 0) is 25.0 Å². The molecule has 0 radical (unpaired) electrons. The molecule has 10 nitrogen and oxygen atoms in total. The highest BCUT2D eigenvalue weighted by molar-refractivity contribution is 5.96. The van der Waals surface area contributed by atoms with Gasteiger partial charge in [-0.25, -0.2) is 4.98 Å². The van der Waals surface area contributed by atoms with E-state index >= 15 is 0 Å². The molecule has 0 aliphatic heterocycles. The van der Waals surface area contributed by atoms with Crippen LogP contribution in [0, 0.1) is 5.41 Å². The van der Waals surface area contributed by atoms with Gasteiger partial charge in [0.1, 0.15) is 11.5 Å². The maximum atomic E-state index is 13.2. The number of aliphatic hydroxyl groups is 1. The zero-order chi connectivity index (χ0) is 21.6. The summed E-state index contributed by atoms with van der Waals surface area (Å²) < 4.78 is 2.50. The number of aromatic nitrogens is 4. The number of nitrogens with zero attached hydrogens (tertiary/aromatic N) is 4. The van der Waals surface area contributed by atoms with Crippen molar-refractivity contribution >= 4 is 17.4 Å². The highest BCUT2D eigenvalue weighted by Crippen LogP contribution is 2.28. The fraction of sp³-hybridized carbons (Fsp3) is 0.400. The van der Waals surface area contributed by atoms with Crippen LogP contribution in [0.25, 0.3) is 16.9 Å². The zero-order valence-corrected chi connectivity index (χ0v) is 16.8. The second kappa shape index (κ2) is 7.13. The molecule has 0 unspecified atom stereocenters. The van der Waals surface area contributed by atoms with Crippen LogP contribution in [-0.2, 0) is 6.54 Å². The van der Waals surface area contributed by atoms with E-state index < -0.39 is 22.8 Å². The Hall–Kier alpha value is -3.40. The lowest BCUT2D eigenvalue weighted by Crippen LogP contribution is -2.38. The van der Waals surface area contributed by atoms with E-state index in [9.17, 15) is 19.8 Å². The molecule has 1 fully saturated rings. The van der Waals surface area contributed by atoms with Gasteiger partial charge in [-0.2, -0.15) is 9.61 Å². The Balaban J connectivity index is 1.96. The van der Waals surface area contributed by atoms with Crippen LogP contribution in [0.15, 0.2) is 29.2 Å². The van der Waals surface area contributed by atoms with Crippen molar-refractivity contribution in [3.63, 3.8) is 0 Å². The normalized spacial score (nSPS) is 14.2. The minimum atomic E-state index is -0.650. The largest absolute Gasteiger partial charge is 0.492 e. The minimum absolute atomic E-state index is 0.0118. The third kappa shape index (κ3) is 3.50. The molecule has 0 bridgehead atoms. The van der Waals surface area contributed by atoms with Crippen LogP contribution in [0.4, 0.5) is 5.82 Å². The van der Waals surface area contributed by atoms with E-state index in [0.717, 1.165) is 17.4 Å². The van der Waals surface area contributed by atoms with Gasteiger partial charge >= 0.3 is 0 Å². The molecule has 3 aromatic rings. The van der Waals surface area contributed by atoms with Crippen molar-refractivity contribution in [3.8, 4) is 17.1 Å². The van der Waals surface area contributed by atoms with E-state index in [1.54, 1.807) is 38.2 Å². The summed E-state index contributed by atoms with van der Waals surface area (Å²) >= 11 is 0. The third-order valence-electron chi connectivity index (χ3n) is 5.12. The number of pyridine rings is 1. The highest BCUT2D eigenvalue weighted by Gasteiger charge is 2.31. The molecule has 3 heterocycles. The van der Waals surface area contributed by atoms with E-state index in [2.05, 4.69) is 15.4 Å². The molecule has 0 spiro atoms. The number of fused-ring (bicyclic) bond motifs is 1. The number of aliphatic hydroxyl groups excluding tert-OH is 1. The molecule has 0 saturated heterocycles. The Kier molecular flexibility index (Phi) is 4.73.